The van der Waals surface area contributed by atoms with E-state index in [1.165, 1.54) is 22.5 Å². The van der Waals surface area contributed by atoms with E-state index in [9.17, 15) is 0 Å². The van der Waals surface area contributed by atoms with Crippen LogP contribution < -0.4 is 0 Å². The summed E-state index contributed by atoms with van der Waals surface area (Å²) in [6.45, 7) is 16.8. The number of allylic oxidation sites excluding steroid dienone is 2. The van der Waals surface area contributed by atoms with Gasteiger partial charge in [-0.15, -0.1) is 0 Å². The summed E-state index contributed by atoms with van der Waals surface area (Å²) in [5, 5.41) is 0. The molecule has 1 aromatic rings. The van der Waals surface area contributed by atoms with Gasteiger partial charge in [-0.2, -0.15) is 0 Å². The van der Waals surface area contributed by atoms with Gasteiger partial charge in [-0.1, -0.05) is 37.4 Å². The zero-order valence-electron chi connectivity index (χ0n) is 12.2. The molecular weight excluding hydrogens is 232 g/mol. The van der Waals surface area contributed by atoms with Gasteiger partial charge in [0.2, 0.25) is 0 Å². The van der Waals surface area contributed by atoms with Gasteiger partial charge in [-0.05, 0) is 25.0 Å². The molecule has 19 heavy (non-hydrogen) atoms. The van der Waals surface area contributed by atoms with E-state index in [-0.39, 0.29) is 0 Å². The van der Waals surface area contributed by atoms with E-state index >= 15 is 0 Å². The number of piperazine rings is 1. The summed E-state index contributed by atoms with van der Waals surface area (Å²) in [5.74, 6) is 0. The number of rotatable bonds is 4. The largest absolute Gasteiger partial charge is 0.372 e. The highest BCUT2D eigenvalue weighted by Crippen LogP contribution is 2.17. The zero-order chi connectivity index (χ0) is 13.8. The van der Waals surface area contributed by atoms with Crippen molar-refractivity contribution in [3.05, 3.63) is 59.9 Å². The minimum absolute atomic E-state index is 0.958. The summed E-state index contributed by atoms with van der Waals surface area (Å²) in [5.41, 5.74) is 5.14. The van der Waals surface area contributed by atoms with Gasteiger partial charge < -0.3 is 9.80 Å². The second-order valence-corrected chi connectivity index (χ2v) is 5.38. The third kappa shape index (κ3) is 3.40. The molecule has 0 aliphatic carbocycles. The molecule has 2 heteroatoms. The Balaban J connectivity index is 1.92. The minimum Gasteiger partial charge on any atom is -0.372 e. The summed E-state index contributed by atoms with van der Waals surface area (Å²) in [7, 11) is 0. The highest BCUT2D eigenvalue weighted by molar-refractivity contribution is 5.29. The summed E-state index contributed by atoms with van der Waals surface area (Å²) in [4.78, 5) is 4.75. The first-order valence-electron chi connectivity index (χ1n) is 6.95. The molecule has 0 unspecified atom stereocenters. The Hall–Kier alpha value is -1.70. The van der Waals surface area contributed by atoms with Crippen molar-refractivity contribution in [1.29, 1.82) is 0 Å². The lowest BCUT2D eigenvalue weighted by atomic mass is 10.0. The third-order valence-electron chi connectivity index (χ3n) is 3.92. The molecule has 102 valence electrons. The third-order valence-corrected chi connectivity index (χ3v) is 3.92. The van der Waals surface area contributed by atoms with Crippen LogP contribution in [0.25, 0.3) is 0 Å². The number of hydrogen-bond donors (Lipinski definition) is 0. The fourth-order valence-electron chi connectivity index (χ4n) is 2.54. The lowest BCUT2D eigenvalue weighted by molar-refractivity contribution is 0.191. The van der Waals surface area contributed by atoms with Gasteiger partial charge in [0, 0.05) is 44.0 Å². The maximum atomic E-state index is 4.27. The standard InChI is InChI=1S/C17H24N2/c1-14(2)18-9-11-19(12-10-18)16(4)13-17-8-6-5-7-15(17)3/h5-8H,1,4,9-13H2,2-3H3. The molecule has 0 atom stereocenters. The van der Waals surface area contributed by atoms with Crippen molar-refractivity contribution in [2.75, 3.05) is 26.2 Å². The van der Waals surface area contributed by atoms with Crippen LogP contribution in [0.2, 0.25) is 0 Å². The molecule has 1 fully saturated rings. The first-order valence-corrected chi connectivity index (χ1v) is 6.95. The summed E-state index contributed by atoms with van der Waals surface area (Å²) in [6.07, 6.45) is 0.958. The van der Waals surface area contributed by atoms with Crippen molar-refractivity contribution in [1.82, 2.24) is 9.80 Å². The molecule has 0 bridgehead atoms. The van der Waals surface area contributed by atoms with Crippen LogP contribution in [0.5, 0.6) is 0 Å². The minimum atomic E-state index is 0.958. The predicted octanol–water partition coefficient (Wildman–Crippen LogP) is 3.20. The van der Waals surface area contributed by atoms with E-state index in [2.05, 4.69) is 61.1 Å². The Morgan fingerprint density at radius 1 is 1.05 bits per heavy atom. The van der Waals surface area contributed by atoms with Crippen LogP contribution >= 0.6 is 0 Å². The molecule has 0 saturated carbocycles. The lowest BCUT2D eigenvalue weighted by Crippen LogP contribution is -2.44. The van der Waals surface area contributed by atoms with E-state index in [1.54, 1.807) is 0 Å². The lowest BCUT2D eigenvalue weighted by Gasteiger charge is -2.38. The molecule has 2 nitrogen and oxygen atoms in total. The summed E-state index contributed by atoms with van der Waals surface area (Å²) in [6, 6.07) is 8.56. The monoisotopic (exact) mass is 256 g/mol. The first-order chi connectivity index (χ1) is 9.08. The summed E-state index contributed by atoms with van der Waals surface area (Å²) >= 11 is 0. The van der Waals surface area contributed by atoms with Gasteiger partial charge in [0.1, 0.15) is 0 Å². The molecule has 0 radical (unpaired) electrons. The molecule has 1 aliphatic heterocycles. The molecule has 1 aliphatic rings. The summed E-state index contributed by atoms with van der Waals surface area (Å²) < 4.78 is 0. The van der Waals surface area contributed by atoms with Crippen LogP contribution in [0.1, 0.15) is 18.1 Å². The van der Waals surface area contributed by atoms with E-state index in [0.717, 1.165) is 32.6 Å². The van der Waals surface area contributed by atoms with Gasteiger partial charge >= 0.3 is 0 Å². The van der Waals surface area contributed by atoms with Crippen molar-refractivity contribution >= 4 is 0 Å². The molecule has 2 rings (SSSR count). The van der Waals surface area contributed by atoms with Crippen LogP contribution in [0.3, 0.4) is 0 Å². The average molecular weight is 256 g/mol. The Bertz CT molecular complexity index is 468. The second-order valence-electron chi connectivity index (χ2n) is 5.38. The number of nitrogens with zero attached hydrogens (tertiary/aromatic N) is 2. The molecule has 0 amide bonds. The topological polar surface area (TPSA) is 6.48 Å². The van der Waals surface area contributed by atoms with Crippen molar-refractivity contribution in [2.24, 2.45) is 0 Å². The maximum Gasteiger partial charge on any atom is 0.0351 e. The predicted molar refractivity (Wildman–Crippen MR) is 82.0 cm³/mol. The fourth-order valence-corrected chi connectivity index (χ4v) is 2.54. The molecule has 0 N–H and O–H groups in total. The Kier molecular flexibility index (Phi) is 4.31. The zero-order valence-corrected chi connectivity index (χ0v) is 12.2. The second kappa shape index (κ2) is 5.96. The van der Waals surface area contributed by atoms with Crippen molar-refractivity contribution < 1.29 is 0 Å². The van der Waals surface area contributed by atoms with E-state index in [4.69, 9.17) is 0 Å². The van der Waals surface area contributed by atoms with Crippen molar-refractivity contribution in [2.45, 2.75) is 20.3 Å². The van der Waals surface area contributed by atoms with E-state index in [0.29, 0.717) is 0 Å². The van der Waals surface area contributed by atoms with Crippen LogP contribution in [-0.4, -0.2) is 36.0 Å². The van der Waals surface area contributed by atoms with Crippen LogP contribution in [0.15, 0.2) is 48.8 Å². The molecule has 1 heterocycles. The normalized spacial score (nSPS) is 15.5. The van der Waals surface area contributed by atoms with Crippen LogP contribution in [0, 0.1) is 6.92 Å². The van der Waals surface area contributed by atoms with Gasteiger partial charge in [-0.25, -0.2) is 0 Å². The van der Waals surface area contributed by atoms with Gasteiger partial charge in [0.15, 0.2) is 0 Å². The molecule has 1 saturated heterocycles. The Morgan fingerprint density at radius 3 is 2.21 bits per heavy atom. The maximum absolute atomic E-state index is 4.27. The van der Waals surface area contributed by atoms with E-state index < -0.39 is 0 Å². The van der Waals surface area contributed by atoms with Gasteiger partial charge in [-0.3, -0.25) is 0 Å². The average Bonchev–Trinajstić information content (AvgIpc) is 2.41. The molecule has 0 spiro atoms. The highest BCUT2D eigenvalue weighted by Gasteiger charge is 2.17. The fraction of sp³-hybridized carbons (Fsp3) is 0.412. The Labute approximate surface area is 117 Å². The quantitative estimate of drug-likeness (QED) is 0.816. The molecular formula is C17H24N2. The van der Waals surface area contributed by atoms with Crippen LogP contribution in [0.4, 0.5) is 0 Å². The highest BCUT2D eigenvalue weighted by atomic mass is 15.3. The van der Waals surface area contributed by atoms with E-state index in [1.807, 2.05) is 0 Å². The van der Waals surface area contributed by atoms with Crippen molar-refractivity contribution in [3.63, 3.8) is 0 Å². The molecule has 1 aromatic carbocycles. The molecule has 0 aromatic heterocycles. The Morgan fingerprint density at radius 2 is 1.63 bits per heavy atom. The van der Waals surface area contributed by atoms with Crippen molar-refractivity contribution in [3.8, 4) is 0 Å². The van der Waals surface area contributed by atoms with Gasteiger partial charge in [0.25, 0.3) is 0 Å². The smallest absolute Gasteiger partial charge is 0.0351 e. The number of aryl methyl sites for hydroxylation is 1. The van der Waals surface area contributed by atoms with Crippen LogP contribution in [-0.2, 0) is 6.42 Å². The number of benzene rings is 1. The number of hydrogen-bond acceptors (Lipinski definition) is 2. The first kappa shape index (κ1) is 13.7. The SMILES string of the molecule is C=C(C)N1CCN(C(=C)Cc2ccccc2C)CC1. The van der Waals surface area contributed by atoms with Gasteiger partial charge in [0.05, 0.1) is 0 Å².